The highest BCUT2D eigenvalue weighted by Gasteiger charge is 2.31. The molecule has 0 atom stereocenters. The van der Waals surface area contributed by atoms with Crippen molar-refractivity contribution in [3.63, 3.8) is 0 Å². The van der Waals surface area contributed by atoms with E-state index in [1.54, 1.807) is 4.68 Å². The zero-order valence-corrected chi connectivity index (χ0v) is 12.7. The minimum absolute atomic E-state index is 0.140. The molecule has 1 fully saturated rings. The summed E-state index contributed by atoms with van der Waals surface area (Å²) in [4.78, 5) is 14.1. The number of amides is 1. The molecule has 1 aromatic rings. The Labute approximate surface area is 120 Å². The number of nitrogens with zero attached hydrogens (tertiary/aromatic N) is 4. The van der Waals surface area contributed by atoms with Gasteiger partial charge in [0.2, 0.25) is 5.91 Å². The second kappa shape index (κ2) is 6.83. The summed E-state index contributed by atoms with van der Waals surface area (Å²) in [5.41, 5.74) is 0.882. The van der Waals surface area contributed by atoms with E-state index in [1.165, 1.54) is 0 Å². The minimum atomic E-state index is 0.140. The molecule has 2 rings (SSSR count). The van der Waals surface area contributed by atoms with Crippen molar-refractivity contribution in [3.05, 3.63) is 11.9 Å². The SMILES string of the molecule is CCN(C(=O)Cn1cc(CNCC(C)C)nn1)C1CC1. The summed E-state index contributed by atoms with van der Waals surface area (Å²) in [5, 5.41) is 11.4. The van der Waals surface area contributed by atoms with E-state index < -0.39 is 0 Å². The van der Waals surface area contributed by atoms with Crippen LogP contribution in [0.25, 0.3) is 0 Å². The van der Waals surface area contributed by atoms with Crippen molar-refractivity contribution in [3.8, 4) is 0 Å². The van der Waals surface area contributed by atoms with E-state index in [0.717, 1.165) is 31.6 Å². The molecule has 1 aliphatic rings. The minimum Gasteiger partial charge on any atom is -0.338 e. The molecule has 20 heavy (non-hydrogen) atoms. The van der Waals surface area contributed by atoms with Crippen LogP contribution in [0.5, 0.6) is 0 Å². The average molecular weight is 279 g/mol. The second-order valence-corrected chi connectivity index (χ2v) is 5.84. The number of carbonyl (C=O) groups excluding carboxylic acids is 1. The standard InChI is InChI=1S/C14H25N5O/c1-4-19(13-5-6-13)14(20)10-18-9-12(16-17-18)8-15-7-11(2)3/h9,11,13,15H,4-8,10H2,1-3H3. The third-order valence-electron chi connectivity index (χ3n) is 3.39. The Morgan fingerprint density at radius 2 is 2.30 bits per heavy atom. The lowest BCUT2D eigenvalue weighted by molar-refractivity contribution is -0.132. The van der Waals surface area contributed by atoms with Gasteiger partial charge in [-0.05, 0) is 32.2 Å². The van der Waals surface area contributed by atoms with Crippen molar-refractivity contribution in [1.82, 2.24) is 25.2 Å². The van der Waals surface area contributed by atoms with Crippen molar-refractivity contribution in [1.29, 1.82) is 0 Å². The fourth-order valence-corrected chi connectivity index (χ4v) is 2.24. The predicted molar refractivity (Wildman–Crippen MR) is 77.0 cm³/mol. The molecule has 1 aliphatic carbocycles. The van der Waals surface area contributed by atoms with Crippen LogP contribution in [0, 0.1) is 5.92 Å². The van der Waals surface area contributed by atoms with Gasteiger partial charge in [0.15, 0.2) is 0 Å². The van der Waals surface area contributed by atoms with Gasteiger partial charge in [0.05, 0.1) is 11.9 Å². The first-order valence-corrected chi connectivity index (χ1v) is 7.49. The topological polar surface area (TPSA) is 63.1 Å². The Balaban J connectivity index is 1.81. The first-order valence-electron chi connectivity index (χ1n) is 7.49. The second-order valence-electron chi connectivity index (χ2n) is 5.84. The fourth-order valence-electron chi connectivity index (χ4n) is 2.24. The molecule has 0 bridgehead atoms. The molecule has 1 N–H and O–H groups in total. The molecule has 1 amide bonds. The summed E-state index contributed by atoms with van der Waals surface area (Å²) >= 11 is 0. The zero-order valence-electron chi connectivity index (χ0n) is 12.7. The molecule has 0 saturated heterocycles. The van der Waals surface area contributed by atoms with Crippen LogP contribution >= 0.6 is 0 Å². The molecule has 0 unspecified atom stereocenters. The van der Waals surface area contributed by atoms with Gasteiger partial charge in [-0.2, -0.15) is 0 Å². The summed E-state index contributed by atoms with van der Waals surface area (Å²) in [7, 11) is 0. The number of hydrogen-bond acceptors (Lipinski definition) is 4. The molecule has 6 nitrogen and oxygen atoms in total. The molecule has 0 spiro atoms. The first kappa shape index (κ1) is 15.0. The molecule has 0 aliphatic heterocycles. The number of hydrogen-bond donors (Lipinski definition) is 1. The third-order valence-corrected chi connectivity index (χ3v) is 3.39. The lowest BCUT2D eigenvalue weighted by Gasteiger charge is -2.19. The Morgan fingerprint density at radius 1 is 1.55 bits per heavy atom. The van der Waals surface area contributed by atoms with Gasteiger partial charge in [0, 0.05) is 19.1 Å². The van der Waals surface area contributed by atoms with Crippen LogP contribution in [0.2, 0.25) is 0 Å². The zero-order chi connectivity index (χ0) is 14.5. The van der Waals surface area contributed by atoms with Crippen molar-refractivity contribution < 1.29 is 4.79 Å². The molecular weight excluding hydrogens is 254 g/mol. The molecule has 0 radical (unpaired) electrons. The summed E-state index contributed by atoms with van der Waals surface area (Å²) in [6.07, 6.45) is 4.13. The summed E-state index contributed by atoms with van der Waals surface area (Å²) in [5.74, 6) is 0.755. The highest BCUT2D eigenvalue weighted by atomic mass is 16.2. The summed E-state index contributed by atoms with van der Waals surface area (Å²) in [6, 6.07) is 0.461. The van der Waals surface area contributed by atoms with Crippen molar-refractivity contribution in [2.75, 3.05) is 13.1 Å². The van der Waals surface area contributed by atoms with Gasteiger partial charge >= 0.3 is 0 Å². The van der Waals surface area contributed by atoms with E-state index in [2.05, 4.69) is 29.5 Å². The van der Waals surface area contributed by atoms with Gasteiger partial charge in [-0.25, -0.2) is 4.68 Å². The van der Waals surface area contributed by atoms with Gasteiger partial charge in [-0.3, -0.25) is 4.79 Å². The lowest BCUT2D eigenvalue weighted by atomic mass is 10.2. The van der Waals surface area contributed by atoms with Crippen molar-refractivity contribution in [2.45, 2.75) is 52.7 Å². The number of carbonyl (C=O) groups is 1. The maximum Gasteiger partial charge on any atom is 0.244 e. The summed E-state index contributed by atoms with van der Waals surface area (Å²) in [6.45, 7) is 9.09. The fraction of sp³-hybridized carbons (Fsp3) is 0.786. The van der Waals surface area contributed by atoms with Crippen LogP contribution in [-0.2, 0) is 17.9 Å². The molecule has 6 heteroatoms. The van der Waals surface area contributed by atoms with Crippen molar-refractivity contribution >= 4 is 5.91 Å². The number of nitrogens with one attached hydrogen (secondary N) is 1. The quantitative estimate of drug-likeness (QED) is 0.772. The number of aromatic nitrogens is 3. The van der Waals surface area contributed by atoms with E-state index in [4.69, 9.17) is 0 Å². The van der Waals surface area contributed by atoms with Crippen LogP contribution in [0.1, 0.15) is 39.3 Å². The summed E-state index contributed by atoms with van der Waals surface area (Å²) < 4.78 is 1.64. The predicted octanol–water partition coefficient (Wildman–Crippen LogP) is 1.03. The Kier molecular flexibility index (Phi) is 5.11. The number of likely N-dealkylation sites (N-methyl/N-ethyl adjacent to an activating group) is 1. The van der Waals surface area contributed by atoms with Crippen LogP contribution in [-0.4, -0.2) is 44.9 Å². The molecular formula is C14H25N5O. The molecule has 112 valence electrons. The Morgan fingerprint density at radius 3 is 2.90 bits per heavy atom. The van der Waals surface area contributed by atoms with Crippen LogP contribution in [0.15, 0.2) is 6.20 Å². The average Bonchev–Trinajstić information content (AvgIpc) is 3.11. The molecule has 1 saturated carbocycles. The molecule has 1 heterocycles. The Hall–Kier alpha value is -1.43. The van der Waals surface area contributed by atoms with Gasteiger partial charge in [-0.15, -0.1) is 5.10 Å². The van der Waals surface area contributed by atoms with Gasteiger partial charge in [-0.1, -0.05) is 19.1 Å². The maximum absolute atomic E-state index is 12.2. The third kappa shape index (κ3) is 4.30. The molecule has 1 aromatic heterocycles. The van der Waals surface area contributed by atoms with E-state index in [0.29, 0.717) is 25.0 Å². The van der Waals surface area contributed by atoms with E-state index in [-0.39, 0.29) is 5.91 Å². The monoisotopic (exact) mass is 279 g/mol. The van der Waals surface area contributed by atoms with Gasteiger partial charge < -0.3 is 10.2 Å². The van der Waals surface area contributed by atoms with Gasteiger partial charge in [0.25, 0.3) is 0 Å². The van der Waals surface area contributed by atoms with Crippen LogP contribution in [0.3, 0.4) is 0 Å². The van der Waals surface area contributed by atoms with Crippen LogP contribution in [0.4, 0.5) is 0 Å². The highest BCUT2D eigenvalue weighted by Crippen LogP contribution is 2.26. The van der Waals surface area contributed by atoms with E-state index in [9.17, 15) is 4.79 Å². The number of rotatable bonds is 8. The largest absolute Gasteiger partial charge is 0.338 e. The van der Waals surface area contributed by atoms with Crippen molar-refractivity contribution in [2.24, 2.45) is 5.92 Å². The van der Waals surface area contributed by atoms with Crippen LogP contribution < -0.4 is 5.32 Å². The van der Waals surface area contributed by atoms with Gasteiger partial charge in [0.1, 0.15) is 6.54 Å². The van der Waals surface area contributed by atoms with E-state index in [1.807, 2.05) is 18.0 Å². The smallest absolute Gasteiger partial charge is 0.244 e. The normalized spacial score (nSPS) is 14.8. The first-order chi connectivity index (χ1) is 9.60. The highest BCUT2D eigenvalue weighted by molar-refractivity contribution is 5.76. The maximum atomic E-state index is 12.2. The lowest BCUT2D eigenvalue weighted by Crippen LogP contribution is -2.35. The van der Waals surface area contributed by atoms with E-state index >= 15 is 0 Å². The Bertz CT molecular complexity index is 439. The molecule has 0 aromatic carbocycles.